The molecule has 49 nitrogen and oxygen atoms in total. The van der Waals surface area contributed by atoms with Gasteiger partial charge >= 0.3 is 64.1 Å². The Morgan fingerprint density at radius 2 is 0.267 bits per heavy atom. The zero-order valence-corrected chi connectivity index (χ0v) is 63.1. The molecule has 21 rings (SSSR count). The van der Waals surface area contributed by atoms with Gasteiger partial charge in [0.1, 0.15) is 128 Å². The number of hydrogen-bond donors (Lipinski definition) is 21. The number of aliphatic hydroxyl groups excluding tert-OH is 14. The SMILES string of the molecule is O=S(=O)(O)SC[C@H]1O[C@@H]2O[C@H]3[C@H](O)[C@@H](O)[C@@H](O[C@H]4[C@H](O)[C@@H](O)[C@@H](O[C@H]5[C@H](O)[C@@H](O)[C@@H](O[C@H]6[C@H](O)[C@@H](O)[C@@H](O[C@H]7[C@H](O)[C@@H](O)[C@@H](O[C@H]8[C@H](O)[C@@H](O)[C@@H](O[C@H]1[C@H](O)[C@H]2O)O[C@@H]8CSS(=O)(=O)O)O[C@@H]7CSS(=O)(=O)O)O[C@@H]6CSS(=O)(=O)O)O[C@@H]5CSS(=O)(=O)O)O[C@@H]4CSS(=O)(=O)O)O[C@@H]3CSS(=O)(=O)O. The standard InChI is InChI=1S/C42H70O49S14/c43-15-22(50)36-78-8(1-92-99(57,58)59)29(15)85-37-23(51)16(44)31(10(79-37)3-94-101(63,64)65)87-39-25(53)18(46)33(12(81-39)5-96-103(69,70)71)89-41-27(55)20(48)35(14(83-41)7-98-105(75,76)77)91-42-28(56)21(49)34(13(84-42)6-97-104(72,73)74)90-40-26(54)19(47)32(11(82-40)4-95-102(66,67)68)88-38-24(52)17(45)30(86-36)9(80-38)2-93-100(60,61)62/h8-56H,1-7H2,(H,57,58,59)(H,60,61,62)(H,63,64,65)(H,66,67,68)(H,69,70,71)(H,72,73,74)(H,75,76,77)/t8-,9-,10-,11-,12-,13-,14-,15-,16-,17-,18-,19-,20-,21-,22-,23-,24-,25-,26-,27-,28-,29-,30-,31-,32-,33-,34-,35-,36-,37-,38-,39-,40-,41-,42-/m1/s1. The summed E-state index contributed by atoms with van der Waals surface area (Å²) in [6.07, 6.45) is -86.8. The quantitative estimate of drug-likeness (QED) is 0.0375. The zero-order chi connectivity index (χ0) is 78.5. The average molecular weight is 1810 g/mol. The molecule has 0 aromatic carbocycles. The second-order valence-electron chi connectivity index (χ2n) is 23.4. The van der Waals surface area contributed by atoms with Crippen LogP contribution in [-0.4, -0.2) is 417 Å². The van der Waals surface area contributed by atoms with Gasteiger partial charge in [-0.15, -0.1) is 0 Å². The van der Waals surface area contributed by atoms with Crippen molar-refractivity contribution in [2.75, 3.05) is 40.3 Å². The monoisotopic (exact) mass is 1810 g/mol. The fraction of sp³-hybridized carbons (Fsp3) is 1.00. The third kappa shape index (κ3) is 24.9. The van der Waals surface area contributed by atoms with Crippen molar-refractivity contribution in [3.05, 3.63) is 0 Å². The van der Waals surface area contributed by atoms with Crippen molar-refractivity contribution in [2.24, 2.45) is 0 Å². The lowest BCUT2D eigenvalue weighted by atomic mass is 9.95. The van der Waals surface area contributed by atoms with E-state index in [1.54, 1.807) is 0 Å². The number of ether oxygens (including phenoxy) is 14. The topological polar surface area (TPSA) is 793 Å². The molecule has 21 N–H and O–H groups in total. The van der Waals surface area contributed by atoms with Crippen LogP contribution in [0, 0.1) is 0 Å². The lowest BCUT2D eigenvalue weighted by molar-refractivity contribution is -0.389. The Bertz CT molecular complexity index is 3060. The van der Waals surface area contributed by atoms with Gasteiger partial charge in [0.05, 0.1) is 42.7 Å². The van der Waals surface area contributed by atoms with Crippen LogP contribution >= 0.6 is 75.6 Å². The van der Waals surface area contributed by atoms with Crippen LogP contribution in [0.3, 0.4) is 0 Å². The van der Waals surface area contributed by atoms with Gasteiger partial charge in [-0.2, -0.15) is 58.9 Å². The lowest BCUT2D eigenvalue weighted by Crippen LogP contribution is -2.68. The minimum Gasteiger partial charge on any atom is -0.387 e. The highest BCUT2D eigenvalue weighted by molar-refractivity contribution is 8.71. The highest BCUT2D eigenvalue weighted by Gasteiger charge is 2.60. The Morgan fingerprint density at radius 1 is 0.171 bits per heavy atom. The molecule has 0 aromatic heterocycles. The van der Waals surface area contributed by atoms with E-state index in [1.165, 1.54) is 0 Å². The van der Waals surface area contributed by atoms with Crippen molar-refractivity contribution in [3.63, 3.8) is 0 Å². The first kappa shape index (κ1) is 91.2. The van der Waals surface area contributed by atoms with E-state index >= 15 is 0 Å². The van der Waals surface area contributed by atoms with Crippen LogP contribution in [0.15, 0.2) is 0 Å². The molecule has 0 unspecified atom stereocenters. The van der Waals surface area contributed by atoms with Crippen LogP contribution < -0.4 is 0 Å². The number of rotatable bonds is 21. The molecule has 0 radical (unpaired) electrons. The lowest BCUT2D eigenvalue weighted by Gasteiger charge is -2.50. The van der Waals surface area contributed by atoms with Crippen molar-refractivity contribution in [2.45, 2.75) is 215 Å². The summed E-state index contributed by atoms with van der Waals surface area (Å²) >= 11 is 0. The maximum atomic E-state index is 12.2. The first-order chi connectivity index (χ1) is 48.2. The van der Waals surface area contributed by atoms with Crippen LogP contribution in [0.2, 0.25) is 0 Å². The van der Waals surface area contributed by atoms with Crippen molar-refractivity contribution in [1.29, 1.82) is 0 Å². The Kier molecular flexibility index (Phi) is 31.7. The summed E-state index contributed by atoms with van der Waals surface area (Å²) in [7, 11) is -39.3. The molecular formula is C42H70O49S14. The van der Waals surface area contributed by atoms with Gasteiger partial charge in [-0.05, 0) is 75.6 Å². The van der Waals surface area contributed by atoms with Gasteiger partial charge in [0.15, 0.2) is 44.0 Å². The minimum absolute atomic E-state index is 0.411. The van der Waals surface area contributed by atoms with E-state index in [4.69, 9.17) is 66.3 Å². The van der Waals surface area contributed by atoms with E-state index in [0.29, 0.717) is 0 Å². The van der Waals surface area contributed by atoms with Gasteiger partial charge in [0.25, 0.3) is 0 Å². The molecule has 0 amide bonds. The molecule has 14 bridgehead atoms. The first-order valence-electron chi connectivity index (χ1n) is 29.2. The van der Waals surface area contributed by atoms with Gasteiger partial charge in [-0.25, -0.2) is 0 Å². The summed E-state index contributed by atoms with van der Waals surface area (Å²) in [6, 6.07) is 0. The van der Waals surface area contributed by atoms with Crippen LogP contribution in [0.4, 0.5) is 0 Å². The van der Waals surface area contributed by atoms with Gasteiger partial charge in [0, 0.05) is 40.3 Å². The van der Waals surface area contributed by atoms with Gasteiger partial charge in [-0.1, -0.05) is 0 Å². The maximum absolute atomic E-state index is 12.2. The van der Waals surface area contributed by atoms with Crippen LogP contribution in [0.25, 0.3) is 0 Å². The molecule has 105 heavy (non-hydrogen) atoms. The fourth-order valence-electron chi connectivity index (χ4n) is 11.4. The van der Waals surface area contributed by atoms with E-state index in [1.807, 2.05) is 0 Å². The zero-order valence-electron chi connectivity index (χ0n) is 51.7. The summed E-state index contributed by atoms with van der Waals surface area (Å²) in [6.45, 7) is 0. The smallest absolute Gasteiger partial charge is 0.319 e. The summed E-state index contributed by atoms with van der Waals surface area (Å²) in [5.41, 5.74) is 0. The van der Waals surface area contributed by atoms with Crippen LogP contribution in [0.1, 0.15) is 0 Å². The summed E-state index contributed by atoms with van der Waals surface area (Å²) in [5.74, 6) is -8.18. The molecule has 21 aliphatic rings. The Morgan fingerprint density at radius 3 is 0.352 bits per heavy atom. The molecule has 21 aliphatic heterocycles. The summed E-state index contributed by atoms with van der Waals surface area (Å²) in [4.78, 5) is 0. The molecular weight excluding hydrogens is 1740 g/mol. The molecule has 35 atom stereocenters. The highest BCUT2D eigenvalue weighted by Crippen LogP contribution is 2.42. The molecule has 0 spiro atoms. The number of aliphatic hydroxyl groups is 14. The first-order valence-corrected chi connectivity index (χ1v) is 49.8. The molecule has 0 aliphatic carbocycles. The van der Waals surface area contributed by atoms with E-state index in [9.17, 15) is 162 Å². The molecule has 21 heterocycles. The normalized spacial score (nSPS) is 44.9. The van der Waals surface area contributed by atoms with E-state index in [0.717, 1.165) is 0 Å². The van der Waals surface area contributed by atoms with Gasteiger partial charge < -0.3 is 138 Å². The molecule has 21 saturated heterocycles. The third-order valence-electron chi connectivity index (χ3n) is 16.2. The predicted molar refractivity (Wildman–Crippen MR) is 347 cm³/mol. The van der Waals surface area contributed by atoms with Gasteiger partial charge in [0.2, 0.25) is 0 Å². The van der Waals surface area contributed by atoms with E-state index in [-0.39, 0.29) is 0 Å². The van der Waals surface area contributed by atoms with Crippen molar-refractivity contribution in [3.8, 4) is 0 Å². The average Bonchev–Trinajstić information content (AvgIpc) is 0.789. The molecule has 21 fully saturated rings. The molecule has 616 valence electrons. The Labute approximate surface area is 618 Å². The highest BCUT2D eigenvalue weighted by atomic mass is 33.2. The summed E-state index contributed by atoms with van der Waals surface area (Å²) in [5, 5.41) is 164. The second-order valence-corrected chi connectivity index (χ2v) is 47.1. The van der Waals surface area contributed by atoms with E-state index in [2.05, 4.69) is 0 Å². The van der Waals surface area contributed by atoms with Crippen molar-refractivity contribution >= 4 is 140 Å². The molecule has 63 heteroatoms. The van der Waals surface area contributed by atoms with Crippen molar-refractivity contribution in [1.82, 2.24) is 0 Å². The minimum atomic E-state index is -5.20. The largest absolute Gasteiger partial charge is 0.387 e. The second kappa shape index (κ2) is 36.5. The summed E-state index contributed by atoms with van der Waals surface area (Å²) < 4.78 is 320. The van der Waals surface area contributed by atoms with Gasteiger partial charge in [-0.3, -0.25) is 31.9 Å². The van der Waals surface area contributed by atoms with Crippen LogP contribution in [-0.2, 0) is 130 Å². The fourth-order valence-corrected chi connectivity index (χ4v) is 21.8. The molecule has 0 saturated carbocycles. The predicted octanol–water partition coefficient (Wildman–Crippen LogP) is -11.4. The van der Waals surface area contributed by atoms with E-state index < -0.39 is 395 Å². The van der Waals surface area contributed by atoms with Crippen molar-refractivity contribution < 1.29 is 229 Å². The molecule has 0 aromatic rings. The maximum Gasteiger partial charge on any atom is 0.319 e. The van der Waals surface area contributed by atoms with Crippen LogP contribution in [0.5, 0.6) is 0 Å². The Balaban J connectivity index is 1.23. The number of hydrogen-bond acceptors (Lipinski definition) is 49. The third-order valence-corrected chi connectivity index (χ3v) is 30.6. The Hall–Kier alpha value is 0.700.